The van der Waals surface area contributed by atoms with Crippen molar-refractivity contribution < 1.29 is 35.7 Å². The van der Waals surface area contributed by atoms with Crippen LogP contribution in [0.25, 0.3) is 0 Å². The van der Waals surface area contributed by atoms with Gasteiger partial charge in [0.05, 0.1) is 26.4 Å². The Kier molecular flexibility index (Phi) is 8.14. The van der Waals surface area contributed by atoms with Crippen LogP contribution >= 0.6 is 0 Å². The van der Waals surface area contributed by atoms with E-state index in [0.29, 0.717) is 0 Å². The van der Waals surface area contributed by atoms with Crippen LogP contribution in [0.1, 0.15) is 12.8 Å². The van der Waals surface area contributed by atoms with E-state index in [0.717, 1.165) is 50.4 Å². The summed E-state index contributed by atoms with van der Waals surface area (Å²) in [5.74, 6) is 0. The van der Waals surface area contributed by atoms with Crippen molar-refractivity contribution in [1.82, 2.24) is 0 Å². The Morgan fingerprint density at radius 3 is 1.18 bits per heavy atom. The number of rotatable bonds is 2. The summed E-state index contributed by atoms with van der Waals surface area (Å²) < 4.78 is 22.2. The second-order valence-electron chi connectivity index (χ2n) is 5.06. The van der Waals surface area contributed by atoms with Crippen LogP contribution in [-0.2, 0) is 35.7 Å². The average molecular weight is 348 g/mol. The summed E-state index contributed by atoms with van der Waals surface area (Å²) in [7, 11) is 0. The molecule has 6 radical (unpaired) electrons. The molecule has 3 fully saturated rings. The number of ether oxygens (including phenoxy) is 4. The first kappa shape index (κ1) is 18.2. The van der Waals surface area contributed by atoms with Gasteiger partial charge in [-0.25, -0.2) is 0 Å². The van der Waals surface area contributed by atoms with Crippen LogP contribution in [0.3, 0.4) is 0 Å². The van der Waals surface area contributed by atoms with E-state index >= 15 is 0 Å². The summed E-state index contributed by atoms with van der Waals surface area (Å²) in [5.41, 5.74) is 2.15. The summed E-state index contributed by atoms with van der Waals surface area (Å²) >= 11 is 0. The van der Waals surface area contributed by atoms with Crippen LogP contribution in [0.5, 0.6) is 0 Å². The zero-order valence-corrected chi connectivity index (χ0v) is 13.4. The fourth-order valence-corrected chi connectivity index (χ4v) is 2.36. The molecule has 0 aromatic heterocycles. The SMILES string of the molecule is C1=CC(C2OCCCO2)=C1C1OCCCO1.[CH]1[CH][CH][CH][CH]1.[Co]. The Morgan fingerprint density at radius 2 is 0.909 bits per heavy atom. The van der Waals surface area contributed by atoms with E-state index in [1.165, 1.54) is 0 Å². The molecule has 2 aliphatic heterocycles. The van der Waals surface area contributed by atoms with Gasteiger partial charge in [0.2, 0.25) is 0 Å². The minimum Gasteiger partial charge on any atom is -0.348 e. The molecule has 0 spiro atoms. The molecule has 1 saturated carbocycles. The van der Waals surface area contributed by atoms with Gasteiger partial charge in [0.15, 0.2) is 12.6 Å². The van der Waals surface area contributed by atoms with E-state index in [1.807, 2.05) is 44.3 Å². The van der Waals surface area contributed by atoms with Crippen molar-refractivity contribution in [3.63, 3.8) is 0 Å². The first-order valence-corrected chi connectivity index (χ1v) is 7.50. The molecule has 4 rings (SSSR count). The first-order chi connectivity index (χ1) is 10.4. The third-order valence-corrected chi connectivity index (χ3v) is 3.49. The molecular weight excluding hydrogens is 327 g/mol. The van der Waals surface area contributed by atoms with E-state index in [2.05, 4.69) is 0 Å². The van der Waals surface area contributed by atoms with Crippen molar-refractivity contribution in [2.75, 3.05) is 26.4 Å². The molecule has 0 aromatic carbocycles. The Bertz CT molecular complexity index is 341. The largest absolute Gasteiger partial charge is 0.348 e. The summed E-state index contributed by atoms with van der Waals surface area (Å²) in [6, 6.07) is 0. The van der Waals surface area contributed by atoms with E-state index in [-0.39, 0.29) is 29.4 Å². The van der Waals surface area contributed by atoms with Crippen LogP contribution in [0.4, 0.5) is 0 Å². The summed E-state index contributed by atoms with van der Waals surface area (Å²) in [4.78, 5) is 0. The van der Waals surface area contributed by atoms with Gasteiger partial charge in [-0.2, -0.15) is 0 Å². The van der Waals surface area contributed by atoms with Gasteiger partial charge in [-0.05, 0) is 44.9 Å². The smallest absolute Gasteiger partial charge is 0.184 e. The van der Waals surface area contributed by atoms with E-state index < -0.39 is 0 Å². The third-order valence-electron chi connectivity index (χ3n) is 3.49. The fourth-order valence-electron chi connectivity index (χ4n) is 2.36. The van der Waals surface area contributed by atoms with Crippen molar-refractivity contribution in [3.05, 3.63) is 55.4 Å². The minimum absolute atomic E-state index is 0. The Hall–Kier alpha value is -0.174. The molecule has 0 unspecified atom stereocenters. The van der Waals surface area contributed by atoms with Gasteiger partial charge >= 0.3 is 0 Å². The Morgan fingerprint density at radius 1 is 0.591 bits per heavy atom. The maximum atomic E-state index is 5.56. The average Bonchev–Trinajstić information content (AvgIpc) is 3.08. The van der Waals surface area contributed by atoms with E-state index in [4.69, 9.17) is 18.9 Å². The van der Waals surface area contributed by atoms with Crippen LogP contribution in [0.2, 0.25) is 0 Å². The molecule has 0 N–H and O–H groups in total. The minimum atomic E-state index is -0.220. The van der Waals surface area contributed by atoms with Crippen molar-refractivity contribution in [2.45, 2.75) is 25.4 Å². The third kappa shape index (κ3) is 4.91. The van der Waals surface area contributed by atoms with Crippen molar-refractivity contribution >= 4 is 0 Å². The van der Waals surface area contributed by atoms with E-state index in [1.54, 1.807) is 0 Å². The van der Waals surface area contributed by atoms with Gasteiger partial charge in [0.1, 0.15) is 0 Å². The molecule has 0 amide bonds. The molecule has 22 heavy (non-hydrogen) atoms. The maximum absolute atomic E-state index is 5.56. The molecule has 0 bridgehead atoms. The van der Waals surface area contributed by atoms with Crippen molar-refractivity contribution in [1.29, 1.82) is 0 Å². The summed E-state index contributed by atoms with van der Waals surface area (Å²) in [6.45, 7) is 3.06. The molecule has 2 heterocycles. The standard InChI is InChI=1S/C12H16O4.C5H5.Co/c1-5-13-11(14-6-1)9-3-4-10(9)12-15-7-2-8-16-12;1-2-4-5-3-1;/h3-4,11-12H,1-2,5-8H2;1-5H;. The quantitative estimate of drug-likeness (QED) is 0.768. The number of hydrogen-bond donors (Lipinski definition) is 0. The van der Waals surface area contributed by atoms with Gasteiger partial charge < -0.3 is 18.9 Å². The van der Waals surface area contributed by atoms with Gasteiger partial charge in [-0.15, -0.1) is 0 Å². The second-order valence-corrected chi connectivity index (χ2v) is 5.06. The van der Waals surface area contributed by atoms with Crippen LogP contribution in [0, 0.1) is 32.1 Å². The first-order valence-electron chi connectivity index (χ1n) is 7.50. The molecular formula is C17H21CoO4. The Balaban J connectivity index is 0.000000253. The Labute approximate surface area is 143 Å². The molecule has 122 valence electrons. The second kappa shape index (κ2) is 9.85. The van der Waals surface area contributed by atoms with E-state index in [9.17, 15) is 0 Å². The predicted octanol–water partition coefficient (Wildman–Crippen LogP) is 2.40. The van der Waals surface area contributed by atoms with Crippen molar-refractivity contribution in [3.8, 4) is 0 Å². The zero-order valence-electron chi connectivity index (χ0n) is 12.4. The topological polar surface area (TPSA) is 36.9 Å². The zero-order chi connectivity index (χ0) is 14.3. The van der Waals surface area contributed by atoms with Crippen LogP contribution < -0.4 is 0 Å². The van der Waals surface area contributed by atoms with Gasteiger partial charge in [0.25, 0.3) is 0 Å². The fraction of sp³-hybridized carbons (Fsp3) is 0.471. The van der Waals surface area contributed by atoms with Crippen molar-refractivity contribution in [2.24, 2.45) is 0 Å². The summed E-state index contributed by atoms with van der Waals surface area (Å²) in [5, 5.41) is 0. The molecule has 5 heteroatoms. The van der Waals surface area contributed by atoms with Crippen LogP contribution in [-0.4, -0.2) is 39.0 Å². The molecule has 2 saturated heterocycles. The number of hydrogen-bond acceptors (Lipinski definition) is 4. The van der Waals surface area contributed by atoms with Gasteiger partial charge in [0, 0.05) is 27.9 Å². The monoisotopic (exact) mass is 348 g/mol. The molecule has 4 nitrogen and oxygen atoms in total. The molecule has 2 aliphatic carbocycles. The molecule has 4 aliphatic rings. The predicted molar refractivity (Wildman–Crippen MR) is 78.3 cm³/mol. The normalized spacial score (nSPS) is 26.0. The molecule has 0 atom stereocenters. The van der Waals surface area contributed by atoms with Gasteiger partial charge in [-0.1, -0.05) is 12.2 Å². The molecule has 0 aromatic rings. The summed E-state index contributed by atoms with van der Waals surface area (Å²) in [6.07, 6.45) is 15.5. The maximum Gasteiger partial charge on any atom is 0.184 e. The van der Waals surface area contributed by atoms with Gasteiger partial charge in [-0.3, -0.25) is 0 Å². The van der Waals surface area contributed by atoms with Crippen LogP contribution in [0.15, 0.2) is 23.3 Å².